The molecule has 1 aliphatic heterocycles. The van der Waals surface area contributed by atoms with Gasteiger partial charge in [-0.3, -0.25) is 9.69 Å². The third-order valence-corrected chi connectivity index (χ3v) is 5.74. The second-order valence-electron chi connectivity index (χ2n) is 8.20. The van der Waals surface area contributed by atoms with Crippen LogP contribution in [-0.2, 0) is 4.79 Å². The molecule has 0 aromatic heterocycles. The van der Waals surface area contributed by atoms with E-state index in [1.165, 1.54) is 30.4 Å². The molecule has 1 unspecified atom stereocenters. The SMILES string of the molecule is COc1ccc(OCC(=O)NCC(c2ccc(C(C)C)cc2)N2CCCCC2)cc1. The molecule has 1 aliphatic rings. The van der Waals surface area contributed by atoms with E-state index in [1.807, 2.05) is 12.1 Å². The zero-order valence-electron chi connectivity index (χ0n) is 18.4. The van der Waals surface area contributed by atoms with Gasteiger partial charge >= 0.3 is 0 Å². The molecule has 0 saturated carbocycles. The zero-order chi connectivity index (χ0) is 21.3. The van der Waals surface area contributed by atoms with Crippen LogP contribution in [0, 0.1) is 0 Å². The molecule has 0 aliphatic carbocycles. The van der Waals surface area contributed by atoms with Crippen LogP contribution in [0.3, 0.4) is 0 Å². The van der Waals surface area contributed by atoms with Gasteiger partial charge in [0.2, 0.25) is 0 Å². The van der Waals surface area contributed by atoms with Crippen molar-refractivity contribution in [2.75, 3.05) is 33.4 Å². The van der Waals surface area contributed by atoms with Crippen molar-refractivity contribution in [3.05, 3.63) is 59.7 Å². The van der Waals surface area contributed by atoms with E-state index >= 15 is 0 Å². The van der Waals surface area contributed by atoms with E-state index < -0.39 is 0 Å². The molecule has 2 aromatic carbocycles. The van der Waals surface area contributed by atoms with E-state index in [0.717, 1.165) is 18.8 Å². The van der Waals surface area contributed by atoms with Crippen molar-refractivity contribution < 1.29 is 14.3 Å². The second kappa shape index (κ2) is 11.0. The molecular formula is C25H34N2O3. The number of hydrogen-bond acceptors (Lipinski definition) is 4. The fourth-order valence-electron chi connectivity index (χ4n) is 3.87. The summed E-state index contributed by atoms with van der Waals surface area (Å²) < 4.78 is 10.8. The van der Waals surface area contributed by atoms with Crippen molar-refractivity contribution in [3.63, 3.8) is 0 Å². The van der Waals surface area contributed by atoms with Crippen LogP contribution in [0.4, 0.5) is 0 Å². The van der Waals surface area contributed by atoms with Gasteiger partial charge in [-0.2, -0.15) is 0 Å². The summed E-state index contributed by atoms with van der Waals surface area (Å²) in [6.07, 6.45) is 3.72. The fourth-order valence-corrected chi connectivity index (χ4v) is 3.87. The molecule has 0 radical (unpaired) electrons. The Morgan fingerprint density at radius 2 is 1.53 bits per heavy atom. The van der Waals surface area contributed by atoms with Crippen molar-refractivity contribution in [3.8, 4) is 11.5 Å². The van der Waals surface area contributed by atoms with Crippen LogP contribution >= 0.6 is 0 Å². The highest BCUT2D eigenvalue weighted by Gasteiger charge is 2.23. The number of hydrogen-bond donors (Lipinski definition) is 1. The van der Waals surface area contributed by atoms with E-state index in [-0.39, 0.29) is 18.6 Å². The molecule has 162 valence electrons. The minimum Gasteiger partial charge on any atom is -0.497 e. The van der Waals surface area contributed by atoms with Gasteiger partial charge in [-0.1, -0.05) is 44.5 Å². The summed E-state index contributed by atoms with van der Waals surface area (Å²) in [4.78, 5) is 14.9. The number of carbonyl (C=O) groups excluding carboxylic acids is 1. The van der Waals surface area contributed by atoms with Gasteiger partial charge in [0.05, 0.1) is 13.2 Å². The number of carbonyl (C=O) groups is 1. The smallest absolute Gasteiger partial charge is 0.258 e. The summed E-state index contributed by atoms with van der Waals surface area (Å²) in [5.41, 5.74) is 2.60. The van der Waals surface area contributed by atoms with E-state index in [1.54, 1.807) is 19.2 Å². The second-order valence-corrected chi connectivity index (χ2v) is 8.20. The number of piperidine rings is 1. The molecule has 5 nitrogen and oxygen atoms in total. The summed E-state index contributed by atoms with van der Waals surface area (Å²) in [7, 11) is 1.62. The lowest BCUT2D eigenvalue weighted by Crippen LogP contribution is -2.41. The van der Waals surface area contributed by atoms with Gasteiger partial charge in [0, 0.05) is 6.54 Å². The van der Waals surface area contributed by atoms with Gasteiger partial charge in [0.1, 0.15) is 11.5 Å². The average Bonchev–Trinajstić information content (AvgIpc) is 2.79. The number of amides is 1. The molecular weight excluding hydrogens is 376 g/mol. The summed E-state index contributed by atoms with van der Waals surface area (Å²) in [6.45, 7) is 7.17. The van der Waals surface area contributed by atoms with Gasteiger partial charge in [-0.05, 0) is 67.2 Å². The first-order valence-corrected chi connectivity index (χ1v) is 10.9. The van der Waals surface area contributed by atoms with Crippen molar-refractivity contribution >= 4 is 5.91 Å². The van der Waals surface area contributed by atoms with Crippen molar-refractivity contribution in [2.45, 2.75) is 45.1 Å². The monoisotopic (exact) mass is 410 g/mol. The largest absolute Gasteiger partial charge is 0.497 e. The highest BCUT2D eigenvalue weighted by molar-refractivity contribution is 5.77. The quantitative estimate of drug-likeness (QED) is 0.659. The number of nitrogens with one attached hydrogen (secondary N) is 1. The molecule has 1 atom stereocenters. The highest BCUT2D eigenvalue weighted by Crippen LogP contribution is 2.26. The molecule has 30 heavy (non-hydrogen) atoms. The normalized spacial score (nSPS) is 15.6. The van der Waals surface area contributed by atoms with Gasteiger partial charge in [-0.25, -0.2) is 0 Å². The topological polar surface area (TPSA) is 50.8 Å². The lowest BCUT2D eigenvalue weighted by atomic mass is 9.97. The number of ether oxygens (including phenoxy) is 2. The first-order valence-electron chi connectivity index (χ1n) is 10.9. The van der Waals surface area contributed by atoms with Crippen LogP contribution in [0.15, 0.2) is 48.5 Å². The van der Waals surface area contributed by atoms with Crippen LogP contribution in [0.1, 0.15) is 56.2 Å². The third kappa shape index (κ3) is 6.23. The number of likely N-dealkylation sites (tertiary alicyclic amines) is 1. The van der Waals surface area contributed by atoms with Crippen LogP contribution in [0.25, 0.3) is 0 Å². The van der Waals surface area contributed by atoms with E-state index in [4.69, 9.17) is 9.47 Å². The molecule has 5 heteroatoms. The van der Waals surface area contributed by atoms with Crippen LogP contribution in [0.5, 0.6) is 11.5 Å². The summed E-state index contributed by atoms with van der Waals surface area (Å²) in [6, 6.07) is 16.3. The average molecular weight is 411 g/mol. The molecule has 1 amide bonds. The number of methoxy groups -OCH3 is 1. The minimum atomic E-state index is -0.105. The Balaban J connectivity index is 1.58. The van der Waals surface area contributed by atoms with Gasteiger partial charge in [0.15, 0.2) is 6.61 Å². The summed E-state index contributed by atoms with van der Waals surface area (Å²) >= 11 is 0. The van der Waals surface area contributed by atoms with Gasteiger partial charge in [-0.15, -0.1) is 0 Å². The molecule has 1 saturated heterocycles. The Morgan fingerprint density at radius 1 is 0.933 bits per heavy atom. The van der Waals surface area contributed by atoms with E-state index in [0.29, 0.717) is 18.2 Å². The van der Waals surface area contributed by atoms with Crippen molar-refractivity contribution in [1.29, 1.82) is 0 Å². The van der Waals surface area contributed by atoms with Crippen molar-refractivity contribution in [2.24, 2.45) is 0 Å². The maximum atomic E-state index is 12.4. The Kier molecular flexibility index (Phi) is 8.14. The third-order valence-electron chi connectivity index (χ3n) is 5.74. The lowest BCUT2D eigenvalue weighted by Gasteiger charge is -2.35. The fraction of sp³-hybridized carbons (Fsp3) is 0.480. The molecule has 1 N–H and O–H groups in total. The minimum absolute atomic E-state index is 0.00529. The van der Waals surface area contributed by atoms with Crippen molar-refractivity contribution in [1.82, 2.24) is 10.2 Å². The zero-order valence-corrected chi connectivity index (χ0v) is 18.4. The first-order chi connectivity index (χ1) is 14.6. The van der Waals surface area contributed by atoms with E-state index in [9.17, 15) is 4.79 Å². The number of rotatable bonds is 9. The predicted molar refractivity (Wildman–Crippen MR) is 120 cm³/mol. The molecule has 2 aromatic rings. The molecule has 0 bridgehead atoms. The molecule has 0 spiro atoms. The van der Waals surface area contributed by atoms with Gasteiger partial charge < -0.3 is 14.8 Å². The Morgan fingerprint density at radius 3 is 2.13 bits per heavy atom. The summed E-state index contributed by atoms with van der Waals surface area (Å²) in [5, 5.41) is 3.08. The van der Waals surface area contributed by atoms with Crippen LogP contribution in [-0.4, -0.2) is 44.2 Å². The Bertz CT molecular complexity index is 781. The lowest BCUT2D eigenvalue weighted by molar-refractivity contribution is -0.123. The maximum Gasteiger partial charge on any atom is 0.258 e. The van der Waals surface area contributed by atoms with Crippen LogP contribution in [0.2, 0.25) is 0 Å². The van der Waals surface area contributed by atoms with Gasteiger partial charge in [0.25, 0.3) is 5.91 Å². The molecule has 3 rings (SSSR count). The molecule has 1 heterocycles. The molecule has 1 fully saturated rings. The number of nitrogens with zero attached hydrogens (tertiary/aromatic N) is 1. The standard InChI is InChI=1S/C25H34N2O3/c1-19(2)20-7-9-21(10-8-20)24(27-15-5-4-6-16-27)17-26-25(28)18-30-23-13-11-22(29-3)12-14-23/h7-14,19,24H,4-6,15-18H2,1-3H3,(H,26,28). The number of benzene rings is 2. The van der Waals surface area contributed by atoms with E-state index in [2.05, 4.69) is 48.3 Å². The summed E-state index contributed by atoms with van der Waals surface area (Å²) in [5.74, 6) is 1.83. The first kappa shape index (κ1) is 22.2. The maximum absolute atomic E-state index is 12.4. The predicted octanol–water partition coefficient (Wildman–Crippen LogP) is 4.54. The highest BCUT2D eigenvalue weighted by atomic mass is 16.5. The van der Waals surface area contributed by atoms with Crippen LogP contribution < -0.4 is 14.8 Å². The Hall–Kier alpha value is -2.53. The Labute approximate surface area is 180 Å².